The molecule has 2 aliphatic heterocycles. The summed E-state index contributed by atoms with van der Waals surface area (Å²) in [4.78, 5) is 29.9. The van der Waals surface area contributed by atoms with E-state index in [1.807, 2.05) is 35.2 Å². The van der Waals surface area contributed by atoms with E-state index >= 15 is 0 Å². The molecule has 2 aliphatic rings. The summed E-state index contributed by atoms with van der Waals surface area (Å²) in [5, 5.41) is 0. The van der Waals surface area contributed by atoms with E-state index in [1.54, 1.807) is 11.8 Å². The standard InChI is InChI=1S/C24H37N3O3S/c1-26-16-17-30-21-9-4-3-7-19(21)8-5-6-11-24(23(26)29)12-14-27(15-13-24)22(28)20(25)10-18-31-2/h3-4,7,9,20H,5-6,8,10-18,25H2,1-2H3/t20-/m0/s1. The molecule has 3 rings (SSSR count). The molecule has 2 N–H and O–H groups in total. The minimum Gasteiger partial charge on any atom is -0.491 e. The Morgan fingerprint density at radius 3 is 2.68 bits per heavy atom. The minimum atomic E-state index is -0.437. The lowest BCUT2D eigenvalue weighted by Gasteiger charge is -2.43. The van der Waals surface area contributed by atoms with Crippen molar-refractivity contribution in [3.05, 3.63) is 29.8 Å². The number of nitrogens with two attached hydrogens (primary N) is 1. The van der Waals surface area contributed by atoms with Gasteiger partial charge in [0.2, 0.25) is 11.8 Å². The summed E-state index contributed by atoms with van der Waals surface area (Å²) >= 11 is 1.71. The second-order valence-electron chi connectivity index (χ2n) is 8.88. The highest BCUT2D eigenvalue weighted by Gasteiger charge is 2.43. The number of hydrogen-bond acceptors (Lipinski definition) is 5. The van der Waals surface area contributed by atoms with Gasteiger partial charge >= 0.3 is 0 Å². The quantitative estimate of drug-likeness (QED) is 0.768. The van der Waals surface area contributed by atoms with E-state index in [4.69, 9.17) is 10.5 Å². The molecule has 2 heterocycles. The first-order valence-corrected chi connectivity index (χ1v) is 12.9. The van der Waals surface area contributed by atoms with Crippen molar-refractivity contribution in [1.29, 1.82) is 0 Å². The van der Waals surface area contributed by atoms with E-state index in [0.29, 0.717) is 45.5 Å². The Bertz CT molecular complexity index is 749. The number of piperidine rings is 1. The molecule has 1 aromatic rings. The van der Waals surface area contributed by atoms with Crippen LogP contribution >= 0.6 is 11.8 Å². The highest BCUT2D eigenvalue weighted by molar-refractivity contribution is 7.98. The van der Waals surface area contributed by atoms with Gasteiger partial charge in [0.25, 0.3) is 0 Å². The Morgan fingerprint density at radius 1 is 1.19 bits per heavy atom. The lowest BCUT2D eigenvalue weighted by atomic mass is 9.73. The van der Waals surface area contributed by atoms with Gasteiger partial charge in [0, 0.05) is 20.1 Å². The van der Waals surface area contributed by atoms with Crippen molar-refractivity contribution in [2.45, 2.75) is 51.0 Å². The molecule has 0 saturated carbocycles. The zero-order chi connectivity index (χ0) is 22.3. The van der Waals surface area contributed by atoms with Crippen molar-refractivity contribution < 1.29 is 14.3 Å². The van der Waals surface area contributed by atoms with Crippen LogP contribution in [0.2, 0.25) is 0 Å². The lowest BCUT2D eigenvalue weighted by molar-refractivity contribution is -0.148. The second kappa shape index (κ2) is 11.2. The third-order valence-electron chi connectivity index (χ3n) is 6.79. The number of carbonyl (C=O) groups excluding carboxylic acids is 2. The Kier molecular flexibility index (Phi) is 8.67. The number of aryl methyl sites for hydroxylation is 1. The number of fused-ring (bicyclic) bond motifs is 1. The van der Waals surface area contributed by atoms with E-state index in [1.165, 1.54) is 5.56 Å². The molecule has 1 atom stereocenters. The van der Waals surface area contributed by atoms with E-state index in [2.05, 4.69) is 12.1 Å². The van der Waals surface area contributed by atoms with E-state index in [9.17, 15) is 9.59 Å². The zero-order valence-corrected chi connectivity index (χ0v) is 19.8. The summed E-state index contributed by atoms with van der Waals surface area (Å²) in [5.41, 5.74) is 6.97. The van der Waals surface area contributed by atoms with Crippen LogP contribution in [0.4, 0.5) is 0 Å². The average Bonchev–Trinajstić information content (AvgIpc) is 2.79. The van der Waals surface area contributed by atoms with Crippen LogP contribution in [0, 0.1) is 5.41 Å². The molecular weight excluding hydrogens is 410 g/mol. The number of likely N-dealkylation sites (tertiary alicyclic amines) is 1. The first-order chi connectivity index (χ1) is 15.0. The van der Waals surface area contributed by atoms with E-state index < -0.39 is 6.04 Å². The van der Waals surface area contributed by atoms with Gasteiger partial charge in [-0.3, -0.25) is 9.59 Å². The van der Waals surface area contributed by atoms with Gasteiger partial charge < -0.3 is 20.3 Å². The number of rotatable bonds is 4. The molecule has 0 radical (unpaired) electrons. The first kappa shape index (κ1) is 23.9. The molecule has 7 heteroatoms. The number of nitrogens with zero attached hydrogens (tertiary/aromatic N) is 2. The van der Waals surface area contributed by atoms with Gasteiger partial charge in [-0.05, 0) is 62.2 Å². The molecule has 0 unspecified atom stereocenters. The van der Waals surface area contributed by atoms with Crippen molar-refractivity contribution >= 4 is 23.6 Å². The third-order valence-corrected chi connectivity index (χ3v) is 7.44. The number of amides is 2. The summed E-state index contributed by atoms with van der Waals surface area (Å²) < 4.78 is 6.00. The van der Waals surface area contributed by atoms with Gasteiger partial charge in [0.05, 0.1) is 18.0 Å². The van der Waals surface area contributed by atoms with Crippen LogP contribution in [0.3, 0.4) is 0 Å². The monoisotopic (exact) mass is 447 g/mol. The molecule has 6 nitrogen and oxygen atoms in total. The summed E-state index contributed by atoms with van der Waals surface area (Å²) in [6.07, 6.45) is 8.02. The number of likely N-dealkylation sites (N-methyl/N-ethyl adjacent to an activating group) is 1. The number of thioether (sulfide) groups is 1. The highest BCUT2D eigenvalue weighted by Crippen LogP contribution is 2.39. The Labute approximate surface area is 190 Å². The van der Waals surface area contributed by atoms with Gasteiger partial charge in [-0.15, -0.1) is 0 Å². The van der Waals surface area contributed by atoms with E-state index in [0.717, 1.165) is 37.2 Å². The van der Waals surface area contributed by atoms with Crippen LogP contribution in [0.1, 0.15) is 44.1 Å². The number of hydrogen-bond donors (Lipinski definition) is 1. The largest absolute Gasteiger partial charge is 0.491 e. The van der Waals surface area contributed by atoms with Crippen molar-refractivity contribution in [3.8, 4) is 5.75 Å². The predicted molar refractivity (Wildman–Crippen MR) is 126 cm³/mol. The lowest BCUT2D eigenvalue weighted by Crippen LogP contribution is -2.53. The smallest absolute Gasteiger partial charge is 0.239 e. The van der Waals surface area contributed by atoms with Crippen LogP contribution < -0.4 is 10.5 Å². The molecule has 31 heavy (non-hydrogen) atoms. The molecule has 0 aromatic heterocycles. The van der Waals surface area contributed by atoms with Gasteiger partial charge in [0.1, 0.15) is 12.4 Å². The van der Waals surface area contributed by atoms with Crippen LogP contribution in [0.5, 0.6) is 5.75 Å². The van der Waals surface area contributed by atoms with Crippen molar-refractivity contribution in [3.63, 3.8) is 0 Å². The predicted octanol–water partition coefficient (Wildman–Crippen LogP) is 2.94. The maximum absolute atomic E-state index is 13.5. The molecule has 1 aromatic carbocycles. The third kappa shape index (κ3) is 5.95. The Morgan fingerprint density at radius 2 is 1.94 bits per heavy atom. The van der Waals surface area contributed by atoms with Crippen LogP contribution in [0.15, 0.2) is 24.3 Å². The Hall–Kier alpha value is -1.73. The topological polar surface area (TPSA) is 75.9 Å². The van der Waals surface area contributed by atoms with Crippen LogP contribution in [-0.4, -0.2) is 73.0 Å². The normalized spacial score (nSPS) is 20.9. The van der Waals surface area contributed by atoms with Crippen LogP contribution in [-0.2, 0) is 16.0 Å². The summed E-state index contributed by atoms with van der Waals surface area (Å²) in [5.74, 6) is 2.05. The van der Waals surface area contributed by atoms with Gasteiger partial charge in [0.15, 0.2) is 0 Å². The summed E-state index contributed by atoms with van der Waals surface area (Å²) in [7, 11) is 1.88. The fourth-order valence-electron chi connectivity index (χ4n) is 4.76. The summed E-state index contributed by atoms with van der Waals surface area (Å²) in [6.45, 7) is 2.29. The first-order valence-electron chi connectivity index (χ1n) is 11.5. The van der Waals surface area contributed by atoms with Gasteiger partial charge in [-0.25, -0.2) is 0 Å². The molecular formula is C24H37N3O3S. The fraction of sp³-hybridized carbons (Fsp3) is 0.667. The average molecular weight is 448 g/mol. The van der Waals surface area contributed by atoms with E-state index in [-0.39, 0.29) is 17.2 Å². The number of ether oxygens (including phenoxy) is 1. The molecule has 1 fully saturated rings. The molecule has 0 aliphatic carbocycles. The molecule has 172 valence electrons. The van der Waals surface area contributed by atoms with Crippen LogP contribution in [0.25, 0.3) is 0 Å². The molecule has 1 saturated heterocycles. The van der Waals surface area contributed by atoms with Crippen molar-refractivity contribution in [1.82, 2.24) is 9.80 Å². The number of benzene rings is 1. The highest BCUT2D eigenvalue weighted by atomic mass is 32.2. The summed E-state index contributed by atoms with van der Waals surface area (Å²) in [6, 6.07) is 7.77. The maximum Gasteiger partial charge on any atom is 0.239 e. The minimum absolute atomic E-state index is 0.0304. The van der Waals surface area contributed by atoms with Crippen molar-refractivity contribution in [2.75, 3.05) is 45.3 Å². The number of carbonyl (C=O) groups is 2. The maximum atomic E-state index is 13.5. The zero-order valence-electron chi connectivity index (χ0n) is 19.0. The Balaban J connectivity index is 1.66. The SMILES string of the molecule is CSCC[C@H](N)C(=O)N1CCC2(CCCCc3ccccc3OCCN(C)C2=O)CC1. The van der Waals surface area contributed by atoms with Gasteiger partial charge in [-0.2, -0.15) is 11.8 Å². The second-order valence-corrected chi connectivity index (χ2v) is 9.87. The molecule has 2 amide bonds. The molecule has 0 bridgehead atoms. The van der Waals surface area contributed by atoms with Crippen molar-refractivity contribution in [2.24, 2.45) is 11.1 Å². The number of para-hydroxylation sites is 1. The fourth-order valence-corrected chi connectivity index (χ4v) is 5.25. The molecule has 1 spiro atoms. The van der Waals surface area contributed by atoms with Gasteiger partial charge in [-0.1, -0.05) is 24.6 Å².